The zero-order valence-corrected chi connectivity index (χ0v) is 12.3. The molecule has 20 heavy (non-hydrogen) atoms. The molecule has 5 heteroatoms. The highest BCUT2D eigenvalue weighted by atomic mass is 16.5. The van der Waals surface area contributed by atoms with Crippen molar-refractivity contribution in [3.63, 3.8) is 0 Å². The highest BCUT2D eigenvalue weighted by molar-refractivity contribution is 5.27. The topological polar surface area (TPSA) is 52.0 Å². The molecule has 0 fully saturated rings. The predicted octanol–water partition coefficient (Wildman–Crippen LogP) is 3.15. The lowest BCUT2D eigenvalue weighted by molar-refractivity contribution is 0.474. The van der Waals surface area contributed by atoms with Crippen LogP contribution >= 0.6 is 0 Å². The molecule has 0 radical (unpaired) electrons. The van der Waals surface area contributed by atoms with Crippen molar-refractivity contribution < 1.29 is 4.74 Å². The van der Waals surface area contributed by atoms with Gasteiger partial charge in [0.2, 0.25) is 0 Å². The van der Waals surface area contributed by atoms with Gasteiger partial charge in [0.05, 0.1) is 24.3 Å². The fourth-order valence-electron chi connectivity index (χ4n) is 2.07. The van der Waals surface area contributed by atoms with Crippen LogP contribution in [0.2, 0.25) is 0 Å². The van der Waals surface area contributed by atoms with Crippen LogP contribution in [0.25, 0.3) is 0 Å². The third kappa shape index (κ3) is 3.57. The number of pyridine rings is 1. The predicted molar refractivity (Wildman–Crippen MR) is 78.9 cm³/mol. The number of nitrogens with one attached hydrogen (secondary N) is 1. The summed E-state index contributed by atoms with van der Waals surface area (Å²) >= 11 is 0. The maximum Gasteiger partial charge on any atom is 0.165 e. The second-order valence-corrected chi connectivity index (χ2v) is 4.57. The smallest absolute Gasteiger partial charge is 0.165 e. The first-order valence-corrected chi connectivity index (χ1v) is 7.16. The van der Waals surface area contributed by atoms with Crippen LogP contribution in [0.1, 0.15) is 38.9 Å². The van der Waals surface area contributed by atoms with E-state index < -0.39 is 0 Å². The van der Waals surface area contributed by atoms with Crippen molar-refractivity contribution in [3.05, 3.63) is 36.4 Å². The van der Waals surface area contributed by atoms with E-state index in [1.807, 2.05) is 29.9 Å². The molecule has 108 valence electrons. The van der Waals surface area contributed by atoms with Gasteiger partial charge in [-0.2, -0.15) is 5.10 Å². The van der Waals surface area contributed by atoms with E-state index in [0.29, 0.717) is 6.04 Å². The van der Waals surface area contributed by atoms with Crippen molar-refractivity contribution in [1.29, 1.82) is 0 Å². The van der Waals surface area contributed by atoms with Crippen LogP contribution in [0, 0.1) is 0 Å². The summed E-state index contributed by atoms with van der Waals surface area (Å²) < 4.78 is 7.55. The summed E-state index contributed by atoms with van der Waals surface area (Å²) in [5, 5.41) is 7.59. The van der Waals surface area contributed by atoms with Crippen LogP contribution in [0.4, 0.5) is 0 Å². The molecule has 1 N–H and O–H groups in total. The quantitative estimate of drug-likeness (QED) is 0.842. The van der Waals surface area contributed by atoms with Crippen LogP contribution in [0.5, 0.6) is 11.5 Å². The van der Waals surface area contributed by atoms with Gasteiger partial charge in [0.25, 0.3) is 0 Å². The first-order valence-electron chi connectivity index (χ1n) is 7.16. The summed E-state index contributed by atoms with van der Waals surface area (Å²) in [5.74, 6) is 1.47. The number of hydrogen-bond donors (Lipinski definition) is 1. The number of rotatable bonds is 7. The Kier molecular flexibility index (Phi) is 5.12. The first-order chi connectivity index (χ1) is 9.76. The number of hydrogen-bond acceptors (Lipinski definition) is 4. The second-order valence-electron chi connectivity index (χ2n) is 4.57. The maximum absolute atomic E-state index is 5.72. The van der Waals surface area contributed by atoms with Gasteiger partial charge in [0, 0.05) is 12.6 Å². The minimum atomic E-state index is 0.303. The summed E-state index contributed by atoms with van der Waals surface area (Å²) in [5.41, 5.74) is 1.05. The van der Waals surface area contributed by atoms with E-state index in [9.17, 15) is 0 Å². The Morgan fingerprint density at radius 3 is 2.60 bits per heavy atom. The third-order valence-corrected chi connectivity index (χ3v) is 3.14. The third-order valence-electron chi connectivity index (χ3n) is 3.14. The molecule has 0 aliphatic rings. The normalized spacial score (nSPS) is 12.3. The van der Waals surface area contributed by atoms with Crippen molar-refractivity contribution in [1.82, 2.24) is 20.1 Å². The van der Waals surface area contributed by atoms with E-state index in [-0.39, 0.29) is 0 Å². The van der Waals surface area contributed by atoms with E-state index in [4.69, 9.17) is 4.74 Å². The van der Waals surface area contributed by atoms with E-state index >= 15 is 0 Å². The Hall–Kier alpha value is -1.88. The molecule has 0 saturated heterocycles. The molecule has 2 heterocycles. The Balaban J connectivity index is 2.03. The fraction of sp³-hybridized carbons (Fsp3) is 0.467. The van der Waals surface area contributed by atoms with Gasteiger partial charge in [-0.15, -0.1) is 0 Å². The summed E-state index contributed by atoms with van der Waals surface area (Å²) in [7, 11) is 0. The molecule has 0 bridgehead atoms. The number of aryl methyl sites for hydroxylation is 1. The van der Waals surface area contributed by atoms with Gasteiger partial charge in [-0.1, -0.05) is 13.8 Å². The van der Waals surface area contributed by atoms with Crippen LogP contribution in [0.15, 0.2) is 30.7 Å². The Morgan fingerprint density at radius 2 is 2.05 bits per heavy atom. The average Bonchev–Trinajstić information content (AvgIpc) is 2.93. The Morgan fingerprint density at radius 1 is 1.20 bits per heavy atom. The molecule has 1 unspecified atom stereocenters. The first kappa shape index (κ1) is 14.5. The molecule has 0 aromatic carbocycles. The highest BCUT2D eigenvalue weighted by Crippen LogP contribution is 2.22. The van der Waals surface area contributed by atoms with E-state index in [1.54, 1.807) is 12.4 Å². The number of aromatic nitrogens is 3. The monoisotopic (exact) mass is 274 g/mol. The van der Waals surface area contributed by atoms with Crippen molar-refractivity contribution in [2.75, 3.05) is 6.54 Å². The lowest BCUT2D eigenvalue weighted by Gasteiger charge is -2.15. The summed E-state index contributed by atoms with van der Waals surface area (Å²) in [6.07, 6.45) is 6.37. The summed E-state index contributed by atoms with van der Waals surface area (Å²) in [6.45, 7) is 8.07. The molecule has 0 spiro atoms. The van der Waals surface area contributed by atoms with Gasteiger partial charge < -0.3 is 10.1 Å². The molecule has 0 aliphatic carbocycles. The lowest BCUT2D eigenvalue weighted by Crippen LogP contribution is -2.20. The minimum absolute atomic E-state index is 0.303. The van der Waals surface area contributed by atoms with Crippen LogP contribution in [0.3, 0.4) is 0 Å². The number of nitrogens with zero attached hydrogens (tertiary/aromatic N) is 3. The Labute approximate surface area is 120 Å². The molecule has 2 aromatic rings. The van der Waals surface area contributed by atoms with Crippen LogP contribution in [-0.4, -0.2) is 21.3 Å². The molecular formula is C15H22N4O. The summed E-state index contributed by atoms with van der Waals surface area (Å²) in [6, 6.07) is 4.26. The van der Waals surface area contributed by atoms with Crippen molar-refractivity contribution in [2.24, 2.45) is 0 Å². The van der Waals surface area contributed by atoms with Gasteiger partial charge in [0.1, 0.15) is 5.75 Å². The van der Waals surface area contributed by atoms with Crippen LogP contribution < -0.4 is 10.1 Å². The van der Waals surface area contributed by atoms with Crippen molar-refractivity contribution in [2.45, 2.75) is 39.8 Å². The van der Waals surface area contributed by atoms with E-state index in [0.717, 1.165) is 36.7 Å². The lowest BCUT2D eigenvalue weighted by atomic mass is 10.1. The zero-order chi connectivity index (χ0) is 14.4. The van der Waals surface area contributed by atoms with E-state index in [1.165, 1.54) is 0 Å². The molecular weight excluding hydrogens is 252 g/mol. The van der Waals surface area contributed by atoms with E-state index in [2.05, 4.69) is 29.2 Å². The summed E-state index contributed by atoms with van der Waals surface area (Å²) in [4.78, 5) is 4.48. The van der Waals surface area contributed by atoms with Gasteiger partial charge in [-0.05, 0) is 32.0 Å². The molecule has 2 rings (SSSR count). The van der Waals surface area contributed by atoms with Gasteiger partial charge in [-0.25, -0.2) is 0 Å². The van der Waals surface area contributed by atoms with Crippen LogP contribution in [-0.2, 0) is 6.54 Å². The number of ether oxygens (including phenoxy) is 1. The highest BCUT2D eigenvalue weighted by Gasteiger charge is 2.09. The standard InChI is InChI=1S/C15H22N4O/c1-4-14(16-5-2)15-8-7-12(9-17-15)20-13-10-18-19(6-3)11-13/h7-11,14,16H,4-6H2,1-3H3. The fourth-order valence-corrected chi connectivity index (χ4v) is 2.07. The van der Waals surface area contributed by atoms with Gasteiger partial charge in [-0.3, -0.25) is 9.67 Å². The largest absolute Gasteiger partial charge is 0.452 e. The van der Waals surface area contributed by atoms with Gasteiger partial charge >= 0.3 is 0 Å². The zero-order valence-electron chi connectivity index (χ0n) is 12.3. The van der Waals surface area contributed by atoms with Crippen molar-refractivity contribution >= 4 is 0 Å². The second kappa shape index (κ2) is 7.05. The molecule has 1 atom stereocenters. The molecule has 0 amide bonds. The minimum Gasteiger partial charge on any atom is -0.452 e. The Bertz CT molecular complexity index is 521. The van der Waals surface area contributed by atoms with Crippen molar-refractivity contribution in [3.8, 4) is 11.5 Å². The maximum atomic E-state index is 5.72. The average molecular weight is 274 g/mol. The molecule has 2 aromatic heterocycles. The molecule has 5 nitrogen and oxygen atoms in total. The molecule has 0 saturated carbocycles. The molecule has 0 aliphatic heterocycles. The SMILES string of the molecule is CCNC(CC)c1ccc(Oc2cnn(CC)c2)cn1. The van der Waals surface area contributed by atoms with Gasteiger partial charge in [0.15, 0.2) is 5.75 Å².